The lowest BCUT2D eigenvalue weighted by atomic mass is 9.65. The van der Waals surface area contributed by atoms with Crippen LogP contribution in [0.15, 0.2) is 36.4 Å². The number of amides is 2. The van der Waals surface area contributed by atoms with E-state index in [4.69, 9.17) is 5.26 Å². The molecule has 4 heteroatoms. The highest BCUT2D eigenvalue weighted by molar-refractivity contribution is 6.22. The summed E-state index contributed by atoms with van der Waals surface area (Å²) >= 11 is 0. The number of imide groups is 1. The van der Waals surface area contributed by atoms with Gasteiger partial charge in [0.25, 0.3) is 0 Å². The van der Waals surface area contributed by atoms with Crippen LogP contribution in [0.4, 0.5) is 5.69 Å². The molecule has 1 aliphatic heterocycles. The van der Waals surface area contributed by atoms with Gasteiger partial charge in [-0.15, -0.1) is 0 Å². The minimum atomic E-state index is -0.109. The molecule has 4 aliphatic carbocycles. The average Bonchev–Trinajstić information content (AvgIpc) is 3.40. The quantitative estimate of drug-likeness (QED) is 0.452. The van der Waals surface area contributed by atoms with E-state index in [-0.39, 0.29) is 23.7 Å². The fourth-order valence-corrected chi connectivity index (χ4v) is 7.06. The molecule has 8 atom stereocenters. The molecule has 3 saturated carbocycles. The molecule has 0 aromatic heterocycles. The Morgan fingerprint density at radius 2 is 1.44 bits per heavy atom. The molecule has 1 aromatic rings. The highest BCUT2D eigenvalue weighted by Gasteiger charge is 2.71. The van der Waals surface area contributed by atoms with Crippen molar-refractivity contribution in [1.82, 2.24) is 0 Å². The SMILES string of the molecule is N#Cc1ccc(N2C(=O)C3C4CC(C3C2=O)C2C3C=CC(C3)C42)cc1. The van der Waals surface area contributed by atoms with E-state index in [0.29, 0.717) is 46.8 Å². The number of nitrogens with zero attached hydrogens (tertiary/aromatic N) is 2. The molecule has 4 bridgehead atoms. The highest BCUT2D eigenvalue weighted by atomic mass is 16.2. The molecule has 1 aromatic carbocycles. The van der Waals surface area contributed by atoms with Crippen LogP contribution in [0.2, 0.25) is 0 Å². The van der Waals surface area contributed by atoms with Crippen molar-refractivity contribution in [2.45, 2.75) is 12.8 Å². The van der Waals surface area contributed by atoms with Gasteiger partial charge in [0.15, 0.2) is 0 Å². The van der Waals surface area contributed by atoms with E-state index in [1.165, 1.54) is 11.3 Å². The molecule has 124 valence electrons. The Kier molecular flexibility index (Phi) is 2.44. The van der Waals surface area contributed by atoms with Crippen LogP contribution in [0.1, 0.15) is 18.4 Å². The lowest BCUT2D eigenvalue weighted by Gasteiger charge is -2.36. The molecule has 1 saturated heterocycles. The summed E-state index contributed by atoms with van der Waals surface area (Å²) in [5.74, 6) is 3.08. The van der Waals surface area contributed by atoms with Crippen molar-refractivity contribution < 1.29 is 9.59 Å². The lowest BCUT2D eigenvalue weighted by Crippen LogP contribution is -2.38. The molecule has 0 N–H and O–H groups in total. The normalized spacial score (nSPS) is 45.2. The van der Waals surface area contributed by atoms with Gasteiger partial charge in [0.05, 0.1) is 29.2 Å². The second-order valence-corrected chi connectivity index (χ2v) is 8.39. The van der Waals surface area contributed by atoms with Gasteiger partial charge in [-0.3, -0.25) is 14.5 Å². The minimum absolute atomic E-state index is 0.00240. The molecule has 4 fully saturated rings. The molecule has 0 spiro atoms. The van der Waals surface area contributed by atoms with Crippen molar-refractivity contribution in [2.24, 2.45) is 47.3 Å². The van der Waals surface area contributed by atoms with Gasteiger partial charge in [-0.1, -0.05) is 12.2 Å². The third kappa shape index (κ3) is 1.49. The molecular weight excluding hydrogens is 312 g/mol. The van der Waals surface area contributed by atoms with Crippen LogP contribution in [0.5, 0.6) is 0 Å². The zero-order valence-corrected chi connectivity index (χ0v) is 13.7. The van der Waals surface area contributed by atoms with E-state index >= 15 is 0 Å². The number of allylic oxidation sites excluding steroid dienone is 2. The number of nitriles is 1. The molecule has 1 heterocycles. The summed E-state index contributed by atoms with van der Waals surface area (Å²) < 4.78 is 0. The van der Waals surface area contributed by atoms with Crippen molar-refractivity contribution in [2.75, 3.05) is 4.90 Å². The Bertz CT molecular complexity index is 838. The van der Waals surface area contributed by atoms with E-state index < -0.39 is 0 Å². The summed E-state index contributed by atoms with van der Waals surface area (Å²) in [7, 11) is 0. The van der Waals surface area contributed by atoms with Gasteiger partial charge in [0.2, 0.25) is 11.8 Å². The number of benzene rings is 1. The number of fused-ring (bicyclic) bond motifs is 12. The van der Waals surface area contributed by atoms with Crippen molar-refractivity contribution in [3.8, 4) is 6.07 Å². The second-order valence-electron chi connectivity index (χ2n) is 8.39. The molecular formula is C21H18N2O2. The van der Waals surface area contributed by atoms with Gasteiger partial charge in [-0.05, 0) is 72.6 Å². The molecule has 6 rings (SSSR count). The van der Waals surface area contributed by atoms with Crippen LogP contribution in [0.25, 0.3) is 0 Å². The lowest BCUT2D eigenvalue weighted by molar-refractivity contribution is -0.123. The first-order chi connectivity index (χ1) is 12.2. The zero-order chi connectivity index (χ0) is 16.9. The third-order valence-corrected chi connectivity index (χ3v) is 7.69. The van der Waals surface area contributed by atoms with Crippen LogP contribution in [-0.2, 0) is 9.59 Å². The number of rotatable bonds is 1. The molecule has 8 unspecified atom stereocenters. The Balaban J connectivity index is 1.38. The molecule has 25 heavy (non-hydrogen) atoms. The first-order valence-electron chi connectivity index (χ1n) is 9.25. The van der Waals surface area contributed by atoms with E-state index in [2.05, 4.69) is 18.2 Å². The Morgan fingerprint density at radius 1 is 0.880 bits per heavy atom. The third-order valence-electron chi connectivity index (χ3n) is 7.69. The molecule has 4 nitrogen and oxygen atoms in total. The smallest absolute Gasteiger partial charge is 0.237 e. The van der Waals surface area contributed by atoms with Crippen molar-refractivity contribution in [3.05, 3.63) is 42.0 Å². The predicted molar refractivity (Wildman–Crippen MR) is 89.9 cm³/mol. The van der Waals surface area contributed by atoms with Gasteiger partial charge < -0.3 is 0 Å². The summed E-state index contributed by atoms with van der Waals surface area (Å²) in [4.78, 5) is 27.7. The Labute approximate surface area is 146 Å². The standard InChI is InChI=1S/C21H18N2O2/c22-9-10-1-5-13(6-2-10)23-20(24)18-14-8-15(19(18)21(23)25)17-12-4-3-11(7-12)16(14)17/h1-6,11-12,14-19H,7-8H2. The first-order valence-corrected chi connectivity index (χ1v) is 9.25. The largest absolute Gasteiger partial charge is 0.274 e. The van der Waals surface area contributed by atoms with Crippen LogP contribution < -0.4 is 4.90 Å². The Hall–Kier alpha value is -2.41. The van der Waals surface area contributed by atoms with Crippen LogP contribution >= 0.6 is 0 Å². The Morgan fingerprint density at radius 3 is 1.96 bits per heavy atom. The molecule has 5 aliphatic rings. The van der Waals surface area contributed by atoms with Gasteiger partial charge >= 0.3 is 0 Å². The number of hydrogen-bond donors (Lipinski definition) is 0. The minimum Gasteiger partial charge on any atom is -0.274 e. The number of anilines is 1. The maximum absolute atomic E-state index is 13.2. The van der Waals surface area contributed by atoms with E-state index in [1.54, 1.807) is 24.3 Å². The fourth-order valence-electron chi connectivity index (χ4n) is 7.06. The maximum Gasteiger partial charge on any atom is 0.237 e. The summed E-state index contributed by atoms with van der Waals surface area (Å²) in [5, 5.41) is 8.95. The van der Waals surface area contributed by atoms with Crippen LogP contribution in [-0.4, -0.2) is 11.8 Å². The van der Waals surface area contributed by atoms with Gasteiger partial charge in [0.1, 0.15) is 0 Å². The van der Waals surface area contributed by atoms with Gasteiger partial charge in [0, 0.05) is 0 Å². The summed E-state index contributed by atoms with van der Waals surface area (Å²) in [6.07, 6.45) is 7.03. The second kappa shape index (κ2) is 4.40. The fraction of sp³-hybridized carbons (Fsp3) is 0.476. The van der Waals surface area contributed by atoms with E-state index in [0.717, 1.165) is 6.42 Å². The van der Waals surface area contributed by atoms with Crippen LogP contribution in [0, 0.1) is 58.7 Å². The first kappa shape index (κ1) is 13.8. The monoisotopic (exact) mass is 330 g/mol. The van der Waals surface area contributed by atoms with Crippen molar-refractivity contribution >= 4 is 17.5 Å². The van der Waals surface area contributed by atoms with Crippen molar-refractivity contribution in [3.63, 3.8) is 0 Å². The summed E-state index contributed by atoms with van der Waals surface area (Å²) in [6.45, 7) is 0. The van der Waals surface area contributed by atoms with Crippen molar-refractivity contribution in [1.29, 1.82) is 5.26 Å². The highest BCUT2D eigenvalue weighted by Crippen LogP contribution is 2.70. The summed E-state index contributed by atoms with van der Waals surface area (Å²) in [6, 6.07) is 8.89. The van der Waals surface area contributed by atoms with Gasteiger partial charge in [-0.2, -0.15) is 5.26 Å². The molecule has 0 radical (unpaired) electrons. The molecule has 2 amide bonds. The number of hydrogen-bond acceptors (Lipinski definition) is 3. The number of carbonyl (C=O) groups excluding carboxylic acids is 2. The van der Waals surface area contributed by atoms with E-state index in [1.807, 2.05) is 0 Å². The summed E-state index contributed by atoms with van der Waals surface area (Å²) in [5.41, 5.74) is 1.16. The topological polar surface area (TPSA) is 61.2 Å². The maximum atomic E-state index is 13.2. The average molecular weight is 330 g/mol. The van der Waals surface area contributed by atoms with E-state index in [9.17, 15) is 9.59 Å². The zero-order valence-electron chi connectivity index (χ0n) is 13.7. The number of carbonyl (C=O) groups is 2. The predicted octanol–water partition coefficient (Wildman–Crippen LogP) is 2.75. The van der Waals surface area contributed by atoms with Gasteiger partial charge in [-0.25, -0.2) is 0 Å². The van der Waals surface area contributed by atoms with Crippen LogP contribution in [0.3, 0.4) is 0 Å².